The van der Waals surface area contributed by atoms with Crippen LogP contribution in [0.5, 0.6) is 5.75 Å². The molecule has 7 heteroatoms. The summed E-state index contributed by atoms with van der Waals surface area (Å²) >= 11 is 0. The van der Waals surface area contributed by atoms with E-state index < -0.39 is 0 Å². The number of nitrogens with one attached hydrogen (secondary N) is 2. The molecule has 1 aliphatic heterocycles. The molecular weight excluding hydrogens is 364 g/mol. The maximum Gasteiger partial charge on any atom is 0.197 e. The van der Waals surface area contributed by atoms with Gasteiger partial charge in [-0.15, -0.1) is 0 Å². The minimum atomic E-state index is 0.298. The minimum absolute atomic E-state index is 0.298. The molecule has 5 rings (SSSR count). The van der Waals surface area contributed by atoms with Crippen molar-refractivity contribution >= 4 is 5.65 Å². The van der Waals surface area contributed by atoms with Gasteiger partial charge in [0.2, 0.25) is 0 Å². The van der Waals surface area contributed by atoms with Crippen LogP contribution in [-0.4, -0.2) is 45.0 Å². The summed E-state index contributed by atoms with van der Waals surface area (Å²) in [5.74, 6) is 1.61. The fourth-order valence-corrected chi connectivity index (χ4v) is 3.97. The maximum absolute atomic E-state index is 5.53. The zero-order valence-corrected chi connectivity index (χ0v) is 16.8. The molecule has 3 aromatic heterocycles. The summed E-state index contributed by atoms with van der Waals surface area (Å²) in [6.07, 6.45) is 3.48. The summed E-state index contributed by atoms with van der Waals surface area (Å²) in [7, 11) is 1.65. The standard InChI is InChI=1S/C22H24N6O/c1-13(2)19-20(15-6-4-14(5-7-15)17-9-23-10-17)26-27-21(19)16-8-18(29-3)22-24-12-25-28(22)11-16/h4-8,11-13,17,23H,9-10H2,1-3H3,(H,26,27). The van der Waals surface area contributed by atoms with Crippen molar-refractivity contribution in [2.45, 2.75) is 25.7 Å². The molecule has 0 spiro atoms. The zero-order chi connectivity index (χ0) is 20.0. The number of nitrogens with zero attached hydrogens (tertiary/aromatic N) is 4. The Hall–Kier alpha value is -3.19. The van der Waals surface area contributed by atoms with E-state index in [4.69, 9.17) is 4.74 Å². The quantitative estimate of drug-likeness (QED) is 0.546. The number of hydrogen-bond donors (Lipinski definition) is 2. The predicted molar refractivity (Wildman–Crippen MR) is 112 cm³/mol. The third kappa shape index (κ3) is 2.98. The molecular formula is C22H24N6O. The van der Waals surface area contributed by atoms with E-state index in [1.807, 2.05) is 12.3 Å². The number of fused-ring (bicyclic) bond motifs is 1. The van der Waals surface area contributed by atoms with Gasteiger partial charge in [-0.1, -0.05) is 38.1 Å². The number of aromatic nitrogens is 5. The van der Waals surface area contributed by atoms with Crippen LogP contribution in [0, 0.1) is 0 Å². The Labute approximate surface area is 169 Å². The summed E-state index contributed by atoms with van der Waals surface area (Å²) in [4.78, 5) is 4.26. The van der Waals surface area contributed by atoms with Gasteiger partial charge in [0.1, 0.15) is 6.33 Å². The van der Waals surface area contributed by atoms with Gasteiger partial charge in [-0.25, -0.2) is 9.50 Å². The Morgan fingerprint density at radius 2 is 1.93 bits per heavy atom. The molecule has 148 valence electrons. The maximum atomic E-state index is 5.53. The summed E-state index contributed by atoms with van der Waals surface area (Å²) < 4.78 is 7.26. The van der Waals surface area contributed by atoms with Crippen molar-refractivity contribution in [2.75, 3.05) is 20.2 Å². The first-order valence-corrected chi connectivity index (χ1v) is 9.92. The number of H-pyrrole nitrogens is 1. The highest BCUT2D eigenvalue weighted by Gasteiger charge is 2.22. The van der Waals surface area contributed by atoms with Crippen molar-refractivity contribution in [3.63, 3.8) is 0 Å². The molecule has 7 nitrogen and oxygen atoms in total. The minimum Gasteiger partial charge on any atom is -0.493 e. The summed E-state index contributed by atoms with van der Waals surface area (Å²) in [6, 6.07) is 10.8. The van der Waals surface area contributed by atoms with Crippen molar-refractivity contribution in [2.24, 2.45) is 0 Å². The fourth-order valence-electron chi connectivity index (χ4n) is 3.97. The molecule has 1 fully saturated rings. The average Bonchev–Trinajstić information content (AvgIpc) is 3.33. The largest absolute Gasteiger partial charge is 0.493 e. The fraction of sp³-hybridized carbons (Fsp3) is 0.318. The van der Waals surface area contributed by atoms with E-state index in [1.54, 1.807) is 11.6 Å². The van der Waals surface area contributed by atoms with Crippen molar-refractivity contribution in [3.05, 3.63) is 54.0 Å². The van der Waals surface area contributed by atoms with Crippen molar-refractivity contribution in [1.82, 2.24) is 30.1 Å². The molecule has 1 saturated heterocycles. The van der Waals surface area contributed by atoms with E-state index in [2.05, 4.69) is 63.7 Å². The smallest absolute Gasteiger partial charge is 0.197 e. The van der Waals surface area contributed by atoms with Crippen molar-refractivity contribution in [1.29, 1.82) is 0 Å². The van der Waals surface area contributed by atoms with Gasteiger partial charge in [0, 0.05) is 36.3 Å². The van der Waals surface area contributed by atoms with Crippen LogP contribution in [0.2, 0.25) is 0 Å². The molecule has 0 radical (unpaired) electrons. The van der Waals surface area contributed by atoms with Gasteiger partial charge < -0.3 is 10.1 Å². The molecule has 1 aromatic carbocycles. The zero-order valence-electron chi connectivity index (χ0n) is 16.8. The molecule has 0 amide bonds. The third-order valence-electron chi connectivity index (χ3n) is 5.67. The second kappa shape index (κ2) is 7.00. The number of ether oxygens (including phenoxy) is 1. The number of rotatable bonds is 5. The van der Waals surface area contributed by atoms with E-state index in [0.29, 0.717) is 23.2 Å². The second-order valence-electron chi connectivity index (χ2n) is 7.82. The summed E-state index contributed by atoms with van der Waals surface area (Å²) in [6.45, 7) is 6.52. The Kier molecular flexibility index (Phi) is 4.32. The molecule has 4 aromatic rings. The molecule has 1 aliphatic rings. The van der Waals surface area contributed by atoms with Gasteiger partial charge in [0.05, 0.1) is 18.5 Å². The monoisotopic (exact) mass is 388 g/mol. The molecule has 29 heavy (non-hydrogen) atoms. The van der Waals surface area contributed by atoms with E-state index in [-0.39, 0.29) is 0 Å². The number of aromatic amines is 1. The first-order chi connectivity index (χ1) is 14.2. The van der Waals surface area contributed by atoms with E-state index >= 15 is 0 Å². The van der Waals surface area contributed by atoms with Gasteiger partial charge >= 0.3 is 0 Å². The third-order valence-corrected chi connectivity index (χ3v) is 5.67. The van der Waals surface area contributed by atoms with Gasteiger partial charge in [0.15, 0.2) is 11.4 Å². The van der Waals surface area contributed by atoms with Crippen LogP contribution in [0.1, 0.15) is 36.8 Å². The topological polar surface area (TPSA) is 80.1 Å². The first kappa shape index (κ1) is 17.9. The number of pyridine rings is 1. The van der Waals surface area contributed by atoms with Crippen LogP contribution in [0.4, 0.5) is 0 Å². The molecule has 0 atom stereocenters. The molecule has 0 unspecified atom stereocenters. The highest BCUT2D eigenvalue weighted by Crippen LogP contribution is 2.37. The molecule has 0 bridgehead atoms. The van der Waals surface area contributed by atoms with E-state index in [0.717, 1.165) is 35.6 Å². The number of methoxy groups -OCH3 is 1. The normalized spacial score (nSPS) is 14.5. The molecule has 4 heterocycles. The average molecular weight is 388 g/mol. The van der Waals surface area contributed by atoms with Crippen molar-refractivity contribution in [3.8, 4) is 28.3 Å². The Balaban J connectivity index is 1.59. The van der Waals surface area contributed by atoms with Gasteiger partial charge in [-0.3, -0.25) is 5.10 Å². The molecule has 0 aliphatic carbocycles. The highest BCUT2D eigenvalue weighted by atomic mass is 16.5. The lowest BCUT2D eigenvalue weighted by molar-refractivity contribution is 0.416. The lowest BCUT2D eigenvalue weighted by Gasteiger charge is -2.27. The van der Waals surface area contributed by atoms with E-state index in [9.17, 15) is 0 Å². The van der Waals surface area contributed by atoms with Gasteiger partial charge in [-0.05, 0) is 23.1 Å². The van der Waals surface area contributed by atoms with Crippen LogP contribution in [0.15, 0.2) is 42.9 Å². The van der Waals surface area contributed by atoms with Crippen LogP contribution in [-0.2, 0) is 0 Å². The second-order valence-corrected chi connectivity index (χ2v) is 7.82. The predicted octanol–water partition coefficient (Wildman–Crippen LogP) is 3.61. The molecule has 2 N–H and O–H groups in total. The Morgan fingerprint density at radius 1 is 1.14 bits per heavy atom. The van der Waals surface area contributed by atoms with Crippen LogP contribution in [0.3, 0.4) is 0 Å². The van der Waals surface area contributed by atoms with Gasteiger partial charge in [-0.2, -0.15) is 10.2 Å². The number of benzene rings is 1. The van der Waals surface area contributed by atoms with E-state index in [1.165, 1.54) is 17.5 Å². The first-order valence-electron chi connectivity index (χ1n) is 9.92. The molecule has 0 saturated carbocycles. The summed E-state index contributed by atoms with van der Waals surface area (Å²) in [5, 5.41) is 15.6. The van der Waals surface area contributed by atoms with Gasteiger partial charge in [0.25, 0.3) is 0 Å². The van der Waals surface area contributed by atoms with Crippen molar-refractivity contribution < 1.29 is 4.74 Å². The SMILES string of the molecule is COc1cc(-c2n[nH]c(-c3ccc(C4CNC4)cc3)c2C(C)C)cn2ncnc12. The van der Waals surface area contributed by atoms with Crippen LogP contribution in [0.25, 0.3) is 28.2 Å². The lowest BCUT2D eigenvalue weighted by atomic mass is 9.90. The van der Waals surface area contributed by atoms with Crippen LogP contribution >= 0.6 is 0 Å². The lowest BCUT2D eigenvalue weighted by Crippen LogP contribution is -2.39. The Morgan fingerprint density at radius 3 is 2.59 bits per heavy atom. The highest BCUT2D eigenvalue weighted by molar-refractivity contribution is 5.76. The summed E-state index contributed by atoms with van der Waals surface area (Å²) in [5.41, 5.74) is 7.34. The number of hydrogen-bond acceptors (Lipinski definition) is 5. The van der Waals surface area contributed by atoms with Crippen LogP contribution < -0.4 is 10.1 Å². The Bertz CT molecular complexity index is 1150.